The Hall–Kier alpha value is -2.07. The molecule has 1 aromatic heterocycles. The predicted octanol–water partition coefficient (Wildman–Crippen LogP) is 3.11. The van der Waals surface area contributed by atoms with Crippen molar-refractivity contribution in [1.29, 1.82) is 0 Å². The van der Waals surface area contributed by atoms with Crippen molar-refractivity contribution < 1.29 is 17.9 Å². The van der Waals surface area contributed by atoms with E-state index < -0.39 is 10.2 Å². The van der Waals surface area contributed by atoms with Crippen molar-refractivity contribution in [2.75, 3.05) is 27.7 Å². The molecule has 9 heteroatoms. The summed E-state index contributed by atoms with van der Waals surface area (Å²) < 4.78 is 40.9. The van der Waals surface area contributed by atoms with Crippen LogP contribution in [0.25, 0.3) is 0 Å². The number of halogens is 1. The molecule has 1 heterocycles. The van der Waals surface area contributed by atoms with Gasteiger partial charge < -0.3 is 9.67 Å². The van der Waals surface area contributed by atoms with Gasteiger partial charge in [-0.3, -0.25) is 4.79 Å². The summed E-state index contributed by atoms with van der Waals surface area (Å²) >= 11 is 0. The minimum atomic E-state index is -3.43. The predicted molar refractivity (Wildman–Crippen MR) is 131 cm³/mol. The van der Waals surface area contributed by atoms with Gasteiger partial charge in [0.05, 0.1) is 0 Å². The molecule has 0 amide bonds. The molecule has 2 N–H and O–H groups in total. The van der Waals surface area contributed by atoms with E-state index in [0.717, 1.165) is 17.0 Å². The van der Waals surface area contributed by atoms with Crippen LogP contribution in [0.1, 0.15) is 54.7 Å². The molecule has 1 aromatic carbocycles. The van der Waals surface area contributed by atoms with Crippen LogP contribution in [0.3, 0.4) is 0 Å². The average molecular weight is 484 g/mol. The van der Waals surface area contributed by atoms with E-state index >= 15 is 0 Å². The molecular weight excluding hydrogens is 445 g/mol. The van der Waals surface area contributed by atoms with E-state index in [-0.39, 0.29) is 17.9 Å². The van der Waals surface area contributed by atoms with Gasteiger partial charge in [0.1, 0.15) is 5.82 Å². The van der Waals surface area contributed by atoms with Gasteiger partial charge in [-0.1, -0.05) is 31.4 Å². The van der Waals surface area contributed by atoms with Crippen LogP contribution in [0.15, 0.2) is 41.3 Å². The zero-order valence-corrected chi connectivity index (χ0v) is 21.2. The van der Waals surface area contributed by atoms with E-state index in [1.807, 2.05) is 13.0 Å². The zero-order chi connectivity index (χ0) is 25.0. The van der Waals surface area contributed by atoms with Crippen molar-refractivity contribution in [3.63, 3.8) is 0 Å². The van der Waals surface area contributed by atoms with Crippen LogP contribution in [-0.4, -0.2) is 50.1 Å². The number of aliphatic hydroxyl groups excluding tert-OH is 1. The highest BCUT2D eigenvalue weighted by atomic mass is 32.2. The van der Waals surface area contributed by atoms with Crippen molar-refractivity contribution in [1.82, 2.24) is 13.6 Å². The molecule has 0 saturated heterocycles. The Bertz CT molecular complexity index is 1020. The fraction of sp³-hybridized carbons (Fsp3) is 0.542. The van der Waals surface area contributed by atoms with Crippen LogP contribution in [0.5, 0.6) is 0 Å². The lowest BCUT2D eigenvalue weighted by atomic mass is 9.84. The topological polar surface area (TPSA) is 91.6 Å². The summed E-state index contributed by atoms with van der Waals surface area (Å²) in [5.41, 5.74) is 2.69. The highest BCUT2D eigenvalue weighted by molar-refractivity contribution is 7.87. The van der Waals surface area contributed by atoms with Crippen LogP contribution >= 0.6 is 0 Å². The van der Waals surface area contributed by atoms with Crippen molar-refractivity contribution >= 4 is 10.2 Å². The number of aliphatic hydroxyl groups is 1. The van der Waals surface area contributed by atoms with E-state index in [2.05, 4.69) is 10.8 Å². The molecule has 2 aromatic rings. The number of rotatable bonds is 6. The van der Waals surface area contributed by atoms with Gasteiger partial charge in [0.2, 0.25) is 0 Å². The first kappa shape index (κ1) is 29.0. The number of hydrogen-bond acceptors (Lipinski definition) is 4. The second-order valence-corrected chi connectivity index (χ2v) is 10.2. The molecule has 33 heavy (non-hydrogen) atoms. The molecule has 186 valence electrons. The summed E-state index contributed by atoms with van der Waals surface area (Å²) in [6.07, 6.45) is 8.57. The van der Waals surface area contributed by atoms with E-state index in [4.69, 9.17) is 5.11 Å². The molecule has 1 saturated carbocycles. The van der Waals surface area contributed by atoms with Gasteiger partial charge in [0, 0.05) is 46.6 Å². The first-order chi connectivity index (χ1) is 15.6. The van der Waals surface area contributed by atoms with Gasteiger partial charge >= 0.3 is 0 Å². The Morgan fingerprint density at radius 3 is 2.36 bits per heavy atom. The molecule has 0 atom stereocenters. The first-order valence-electron chi connectivity index (χ1n) is 11.1. The number of pyridine rings is 1. The van der Waals surface area contributed by atoms with E-state index in [1.165, 1.54) is 62.4 Å². The second kappa shape index (κ2) is 14.2. The van der Waals surface area contributed by atoms with Crippen molar-refractivity contribution in [3.05, 3.63) is 69.4 Å². The summed E-state index contributed by atoms with van der Waals surface area (Å²) in [5.74, 6) is 0.521. The maximum Gasteiger partial charge on any atom is 0.278 e. The Morgan fingerprint density at radius 2 is 1.79 bits per heavy atom. The molecule has 0 aliphatic heterocycles. The molecule has 7 nitrogen and oxygen atoms in total. The Labute approximate surface area is 197 Å². The standard InChI is InChI=1S/C12H15F.C11H19N3O3S.CH4O/c13-12-8-4-7-11(9-12)10-5-2-1-3-6-10;1-9-7-10(11(15)14(4)8-9)5-6-12-18(16,17)13(2)3;1-2/h4,7-10H,1-3,5-6H2;7-8,12H,5-6H2,1-4H3;2H,1H3. The van der Waals surface area contributed by atoms with Crippen molar-refractivity contribution in [2.45, 2.75) is 51.4 Å². The Morgan fingerprint density at radius 1 is 1.15 bits per heavy atom. The number of nitrogens with one attached hydrogen (secondary N) is 1. The number of aryl methyl sites for hydroxylation is 2. The fourth-order valence-electron chi connectivity index (χ4n) is 3.78. The highest BCUT2D eigenvalue weighted by Crippen LogP contribution is 2.32. The molecule has 0 radical (unpaired) electrons. The second-order valence-electron chi connectivity index (χ2n) is 8.28. The molecule has 1 aliphatic rings. The molecule has 0 unspecified atom stereocenters. The van der Waals surface area contributed by atoms with Crippen molar-refractivity contribution in [2.24, 2.45) is 7.05 Å². The minimum absolute atomic E-state index is 0.0929. The van der Waals surface area contributed by atoms with Gasteiger partial charge in [-0.05, 0) is 61.4 Å². The summed E-state index contributed by atoms with van der Waals surface area (Å²) in [6, 6.07) is 8.87. The van der Waals surface area contributed by atoms with E-state index in [0.29, 0.717) is 17.9 Å². The minimum Gasteiger partial charge on any atom is -0.400 e. The third kappa shape index (κ3) is 9.75. The molecule has 3 rings (SSSR count). The fourth-order valence-corrected chi connectivity index (χ4v) is 4.40. The normalized spacial score (nSPS) is 14.2. The van der Waals surface area contributed by atoms with Crippen LogP contribution < -0.4 is 10.3 Å². The summed E-state index contributed by atoms with van der Waals surface area (Å²) in [4.78, 5) is 11.8. The summed E-state index contributed by atoms with van der Waals surface area (Å²) in [6.45, 7) is 2.10. The maximum absolute atomic E-state index is 12.9. The van der Waals surface area contributed by atoms with Crippen LogP contribution in [-0.2, 0) is 23.7 Å². The van der Waals surface area contributed by atoms with Crippen molar-refractivity contribution in [3.8, 4) is 0 Å². The molecule has 0 bridgehead atoms. The SMILES string of the molecule is CO.Cc1cc(CCNS(=O)(=O)N(C)C)c(=O)n(C)c1.Fc1cccc(C2CCCCC2)c1. The molecule has 1 aliphatic carbocycles. The van der Waals surface area contributed by atoms with Crippen LogP contribution in [0, 0.1) is 12.7 Å². The highest BCUT2D eigenvalue weighted by Gasteiger charge is 2.15. The van der Waals surface area contributed by atoms with E-state index in [1.54, 1.807) is 25.4 Å². The van der Waals surface area contributed by atoms with Gasteiger partial charge in [0.15, 0.2) is 0 Å². The number of nitrogens with zero attached hydrogens (tertiary/aromatic N) is 2. The third-order valence-electron chi connectivity index (χ3n) is 5.48. The first-order valence-corrected chi connectivity index (χ1v) is 12.6. The van der Waals surface area contributed by atoms with Gasteiger partial charge in [0.25, 0.3) is 15.8 Å². The van der Waals surface area contributed by atoms with Gasteiger partial charge in [-0.15, -0.1) is 0 Å². The molecule has 0 spiro atoms. The molecular formula is C24H38FN3O4S. The molecule has 1 fully saturated rings. The lowest BCUT2D eigenvalue weighted by molar-refractivity contribution is 0.399. The lowest BCUT2D eigenvalue weighted by Crippen LogP contribution is -2.37. The van der Waals surface area contributed by atoms with Crippen LogP contribution in [0.4, 0.5) is 4.39 Å². The van der Waals surface area contributed by atoms with Gasteiger partial charge in [-0.25, -0.2) is 9.11 Å². The summed E-state index contributed by atoms with van der Waals surface area (Å²) in [7, 11) is 2.16. The maximum atomic E-state index is 12.9. The Kier molecular flexibility index (Phi) is 12.5. The Balaban J connectivity index is 0.000000319. The summed E-state index contributed by atoms with van der Waals surface area (Å²) in [5, 5.41) is 7.00. The van der Waals surface area contributed by atoms with Crippen LogP contribution in [0.2, 0.25) is 0 Å². The van der Waals surface area contributed by atoms with Gasteiger partial charge in [-0.2, -0.15) is 12.7 Å². The largest absolute Gasteiger partial charge is 0.400 e. The smallest absolute Gasteiger partial charge is 0.278 e. The third-order valence-corrected chi connectivity index (χ3v) is 7.01. The average Bonchev–Trinajstić information content (AvgIpc) is 2.79. The zero-order valence-electron chi connectivity index (χ0n) is 20.3. The number of hydrogen-bond donors (Lipinski definition) is 2. The number of benzene rings is 1. The lowest BCUT2D eigenvalue weighted by Gasteiger charge is -2.21. The monoisotopic (exact) mass is 483 g/mol. The quantitative estimate of drug-likeness (QED) is 0.661. The number of aromatic nitrogens is 1. The van der Waals surface area contributed by atoms with E-state index in [9.17, 15) is 17.6 Å².